The molecule has 2 aromatic rings. The van der Waals surface area contributed by atoms with Gasteiger partial charge in [-0.2, -0.15) is 18.3 Å². The highest BCUT2D eigenvalue weighted by atomic mass is 35.5. The number of nitro benzene ring substituents is 1. The summed E-state index contributed by atoms with van der Waals surface area (Å²) in [6, 6.07) is 4.61. The number of benzene rings is 1. The van der Waals surface area contributed by atoms with E-state index in [1.165, 1.54) is 12.1 Å². The van der Waals surface area contributed by atoms with E-state index in [0.717, 1.165) is 23.0 Å². The van der Waals surface area contributed by atoms with Gasteiger partial charge in [0.15, 0.2) is 5.69 Å². The summed E-state index contributed by atoms with van der Waals surface area (Å²) >= 11 is 5.10. The Kier molecular flexibility index (Phi) is 3.69. The Morgan fingerprint density at radius 3 is 2.24 bits per heavy atom. The zero-order chi connectivity index (χ0) is 15.8. The summed E-state index contributed by atoms with van der Waals surface area (Å²) in [7, 11) is 0. The molecule has 0 radical (unpaired) electrons. The van der Waals surface area contributed by atoms with Crippen LogP contribution in [-0.2, 0) is 6.18 Å². The maximum Gasteiger partial charge on any atom is 0.435 e. The number of rotatable bonds is 3. The predicted molar refractivity (Wildman–Crippen MR) is 65.4 cm³/mol. The molecule has 6 nitrogen and oxygen atoms in total. The van der Waals surface area contributed by atoms with Crippen LogP contribution in [-0.4, -0.2) is 19.9 Å². The minimum absolute atomic E-state index is 0.121. The molecule has 1 aromatic carbocycles. The SMILES string of the molecule is O=C(Cl)c1cn(-c2ccc([N+](=O)[O-])cc2)nc1C(F)(F)F. The average Bonchev–Trinajstić information content (AvgIpc) is 2.84. The third-order valence-electron chi connectivity index (χ3n) is 2.52. The predicted octanol–water partition coefficient (Wildman–Crippen LogP) is 3.18. The van der Waals surface area contributed by atoms with Crippen LogP contribution >= 0.6 is 11.6 Å². The van der Waals surface area contributed by atoms with Gasteiger partial charge < -0.3 is 0 Å². The van der Waals surface area contributed by atoms with E-state index in [4.69, 9.17) is 11.6 Å². The van der Waals surface area contributed by atoms with Gasteiger partial charge in [-0.05, 0) is 23.7 Å². The van der Waals surface area contributed by atoms with E-state index < -0.39 is 27.6 Å². The first-order chi connectivity index (χ1) is 9.70. The second kappa shape index (κ2) is 5.17. The fourth-order valence-electron chi connectivity index (χ4n) is 1.59. The van der Waals surface area contributed by atoms with E-state index in [1.54, 1.807) is 0 Å². The van der Waals surface area contributed by atoms with Gasteiger partial charge in [0.25, 0.3) is 10.9 Å². The molecule has 0 fully saturated rings. The van der Waals surface area contributed by atoms with Crippen molar-refractivity contribution in [2.45, 2.75) is 6.18 Å². The Hall–Kier alpha value is -2.42. The number of alkyl halides is 3. The Bertz CT molecular complexity index is 710. The number of carbonyl (C=O) groups excluding carboxylic acids is 1. The monoisotopic (exact) mass is 319 g/mol. The third kappa shape index (κ3) is 3.02. The Labute approximate surface area is 119 Å². The highest BCUT2D eigenvalue weighted by molar-refractivity contribution is 6.67. The molecule has 0 aliphatic heterocycles. The highest BCUT2D eigenvalue weighted by Gasteiger charge is 2.39. The number of nitro groups is 1. The first kappa shape index (κ1) is 15.0. The van der Waals surface area contributed by atoms with Gasteiger partial charge in [-0.25, -0.2) is 4.68 Å². The Balaban J connectivity index is 2.50. The highest BCUT2D eigenvalue weighted by Crippen LogP contribution is 2.32. The van der Waals surface area contributed by atoms with Crippen LogP contribution in [0.15, 0.2) is 30.5 Å². The van der Waals surface area contributed by atoms with E-state index in [9.17, 15) is 28.1 Å². The van der Waals surface area contributed by atoms with Crippen LogP contribution in [0.2, 0.25) is 0 Å². The quantitative estimate of drug-likeness (QED) is 0.494. The molecule has 0 saturated carbocycles. The fourth-order valence-corrected chi connectivity index (χ4v) is 1.72. The summed E-state index contributed by atoms with van der Waals surface area (Å²) in [6.45, 7) is 0. The van der Waals surface area contributed by atoms with Crippen LogP contribution in [0.5, 0.6) is 0 Å². The van der Waals surface area contributed by atoms with Crippen molar-refractivity contribution in [3.05, 3.63) is 51.8 Å². The molecule has 0 atom stereocenters. The number of aromatic nitrogens is 2. The molecule has 0 amide bonds. The van der Waals surface area contributed by atoms with Crippen molar-refractivity contribution in [2.75, 3.05) is 0 Å². The lowest BCUT2D eigenvalue weighted by molar-refractivity contribution is -0.384. The van der Waals surface area contributed by atoms with Crippen molar-refractivity contribution in [3.63, 3.8) is 0 Å². The molecule has 0 aliphatic rings. The van der Waals surface area contributed by atoms with Gasteiger partial charge in [0.1, 0.15) is 0 Å². The molecule has 2 rings (SSSR count). The van der Waals surface area contributed by atoms with Crippen molar-refractivity contribution in [1.29, 1.82) is 0 Å². The number of nitrogens with zero attached hydrogens (tertiary/aromatic N) is 3. The summed E-state index contributed by atoms with van der Waals surface area (Å²) in [4.78, 5) is 20.9. The zero-order valence-corrected chi connectivity index (χ0v) is 10.7. The van der Waals surface area contributed by atoms with Crippen LogP contribution in [0, 0.1) is 10.1 Å². The van der Waals surface area contributed by atoms with E-state index in [0.29, 0.717) is 0 Å². The molecule has 1 aromatic heterocycles. The van der Waals surface area contributed by atoms with Gasteiger partial charge in [-0.15, -0.1) is 0 Å². The normalized spacial score (nSPS) is 11.4. The van der Waals surface area contributed by atoms with Gasteiger partial charge >= 0.3 is 6.18 Å². The van der Waals surface area contributed by atoms with Crippen LogP contribution < -0.4 is 0 Å². The van der Waals surface area contributed by atoms with E-state index in [-0.39, 0.29) is 11.4 Å². The summed E-state index contributed by atoms with van der Waals surface area (Å²) in [5.41, 5.74) is -2.31. The minimum atomic E-state index is -4.84. The molecular weight excluding hydrogens is 315 g/mol. The largest absolute Gasteiger partial charge is 0.435 e. The molecule has 0 spiro atoms. The molecule has 1 heterocycles. The van der Waals surface area contributed by atoms with E-state index >= 15 is 0 Å². The van der Waals surface area contributed by atoms with Gasteiger partial charge in [0.2, 0.25) is 0 Å². The minimum Gasteiger partial charge on any atom is -0.275 e. The maximum atomic E-state index is 12.7. The fraction of sp³-hybridized carbons (Fsp3) is 0.0909. The number of carbonyl (C=O) groups is 1. The lowest BCUT2D eigenvalue weighted by atomic mass is 10.2. The van der Waals surface area contributed by atoms with Crippen LogP contribution in [0.25, 0.3) is 5.69 Å². The van der Waals surface area contributed by atoms with Crippen LogP contribution in [0.4, 0.5) is 18.9 Å². The van der Waals surface area contributed by atoms with Crippen molar-refractivity contribution in [1.82, 2.24) is 9.78 Å². The average molecular weight is 320 g/mol. The maximum absolute atomic E-state index is 12.7. The topological polar surface area (TPSA) is 78.0 Å². The molecule has 110 valence electrons. The molecule has 0 aliphatic carbocycles. The number of hydrogen-bond acceptors (Lipinski definition) is 4. The van der Waals surface area contributed by atoms with Gasteiger partial charge in [0.05, 0.1) is 16.2 Å². The molecule has 0 unspecified atom stereocenters. The zero-order valence-electron chi connectivity index (χ0n) is 9.96. The smallest absolute Gasteiger partial charge is 0.275 e. The van der Waals surface area contributed by atoms with Crippen LogP contribution in [0.3, 0.4) is 0 Å². The second-order valence-electron chi connectivity index (χ2n) is 3.88. The summed E-state index contributed by atoms with van der Waals surface area (Å²) in [5, 5.41) is 12.5. The van der Waals surface area contributed by atoms with Gasteiger partial charge in [-0.3, -0.25) is 14.9 Å². The first-order valence-electron chi connectivity index (χ1n) is 5.31. The second-order valence-corrected chi connectivity index (χ2v) is 4.22. The Morgan fingerprint density at radius 2 is 1.86 bits per heavy atom. The third-order valence-corrected chi connectivity index (χ3v) is 2.72. The molecule has 21 heavy (non-hydrogen) atoms. The van der Waals surface area contributed by atoms with Crippen molar-refractivity contribution in [3.8, 4) is 5.69 Å². The molecule has 0 bridgehead atoms. The lowest BCUT2D eigenvalue weighted by Gasteiger charge is -2.03. The Morgan fingerprint density at radius 1 is 1.29 bits per heavy atom. The van der Waals surface area contributed by atoms with Crippen molar-refractivity contribution in [2.24, 2.45) is 0 Å². The summed E-state index contributed by atoms with van der Waals surface area (Å²) in [5.74, 6) is 0. The number of non-ortho nitro benzene ring substituents is 1. The molecule has 10 heteroatoms. The van der Waals surface area contributed by atoms with Crippen molar-refractivity contribution >= 4 is 22.5 Å². The first-order valence-corrected chi connectivity index (χ1v) is 5.69. The van der Waals surface area contributed by atoms with Gasteiger partial charge in [0, 0.05) is 18.3 Å². The summed E-state index contributed by atoms with van der Waals surface area (Å²) < 4.78 is 39.0. The molecule has 0 saturated heterocycles. The van der Waals surface area contributed by atoms with Gasteiger partial charge in [-0.1, -0.05) is 0 Å². The van der Waals surface area contributed by atoms with Crippen LogP contribution in [0.1, 0.15) is 16.1 Å². The summed E-state index contributed by atoms with van der Waals surface area (Å²) in [6.07, 6.45) is -4.02. The molecule has 0 N–H and O–H groups in total. The van der Waals surface area contributed by atoms with Crippen molar-refractivity contribution < 1.29 is 22.9 Å². The lowest BCUT2D eigenvalue weighted by Crippen LogP contribution is -2.10. The van der Waals surface area contributed by atoms with E-state index in [1.807, 2.05) is 0 Å². The molecular formula is C11H5ClF3N3O3. The number of halogens is 4. The standard InChI is InChI=1S/C11H5ClF3N3O3/c12-10(19)8-5-17(16-9(8)11(13,14)15)6-1-3-7(4-2-6)18(20)21/h1-5H. The van der Waals surface area contributed by atoms with E-state index in [2.05, 4.69) is 5.10 Å². The number of hydrogen-bond donors (Lipinski definition) is 0.